The number of nitrogens with one attached hydrogen (secondary N) is 1. The normalized spacial score (nSPS) is 20.2. The summed E-state index contributed by atoms with van der Waals surface area (Å²) in [6, 6.07) is 21.2. The zero-order chi connectivity index (χ0) is 57.0. The summed E-state index contributed by atoms with van der Waals surface area (Å²) in [5.74, 6) is -1.33. The standard InChI is InChI=1S/C30H39N5O3.C23H26ClN3O2.C8H16N2O/c1-18-21(11-13-24-27(18)31-32-34(24)7)26(30(4,5)28(37)38)20-9-8-19-10-12-23(22(19)14-20)35-15-25(36)33(6)16-29(2,3)17-35;1-13-16(9-11-19-21(13)25-26-27(19)4)20(23(2,3)22(28)29-5)15-7-6-14-8-10-18(24)17(14)12-15;1-8(2)5-9-4-7(11)10(3)6-8/h8-9,11,13-14,23,26H,10,12,15-17H2,1-7H3,(H,37,38);6-7,9,11-12,18,20H,8,10H2,1-5H3;9H,4-6H2,1-3H3. The molecule has 4 aliphatic rings. The summed E-state index contributed by atoms with van der Waals surface area (Å²) in [4.78, 5) is 55.5. The summed E-state index contributed by atoms with van der Waals surface area (Å²) in [7, 11) is 8.93. The van der Waals surface area contributed by atoms with E-state index in [0.717, 1.165) is 107 Å². The number of carboxylic acids is 1. The third kappa shape index (κ3) is 11.4. The Morgan fingerprint density at radius 2 is 1.21 bits per heavy atom. The number of carbonyl (C=O) groups excluding carboxylic acids is 3. The zero-order valence-electron chi connectivity index (χ0n) is 48.5. The van der Waals surface area contributed by atoms with Gasteiger partial charge < -0.3 is 25.0 Å². The largest absolute Gasteiger partial charge is 0.481 e. The van der Waals surface area contributed by atoms with Gasteiger partial charge in [0.2, 0.25) is 11.8 Å². The second-order valence-corrected chi connectivity index (χ2v) is 25.7. The Hall–Kier alpha value is -6.23. The first-order valence-corrected chi connectivity index (χ1v) is 27.7. The van der Waals surface area contributed by atoms with Gasteiger partial charge in [0.05, 0.1) is 47.4 Å². The van der Waals surface area contributed by atoms with Crippen LogP contribution in [0.5, 0.6) is 0 Å². The van der Waals surface area contributed by atoms with E-state index < -0.39 is 16.8 Å². The number of hydrogen-bond donors (Lipinski definition) is 2. The lowest BCUT2D eigenvalue weighted by Crippen LogP contribution is -2.37. The van der Waals surface area contributed by atoms with Crippen molar-refractivity contribution in [3.63, 3.8) is 0 Å². The van der Waals surface area contributed by atoms with E-state index in [4.69, 9.17) is 16.3 Å². The van der Waals surface area contributed by atoms with Crippen LogP contribution in [0.2, 0.25) is 0 Å². The summed E-state index contributed by atoms with van der Waals surface area (Å²) in [5.41, 5.74) is 12.9. The van der Waals surface area contributed by atoms with Crippen LogP contribution in [0.1, 0.15) is 147 Å². The van der Waals surface area contributed by atoms with Crippen molar-refractivity contribution in [3.8, 4) is 0 Å². The minimum absolute atomic E-state index is 0.0155. The van der Waals surface area contributed by atoms with Gasteiger partial charge in [-0.3, -0.25) is 24.1 Å². The van der Waals surface area contributed by atoms with Crippen LogP contribution in [0.15, 0.2) is 60.7 Å². The highest BCUT2D eigenvalue weighted by molar-refractivity contribution is 6.21. The van der Waals surface area contributed by atoms with Gasteiger partial charge in [-0.25, -0.2) is 9.36 Å². The van der Waals surface area contributed by atoms with Crippen molar-refractivity contribution >= 4 is 57.4 Å². The average molecular weight is 1090 g/mol. The van der Waals surface area contributed by atoms with Crippen LogP contribution in [-0.2, 0) is 50.9 Å². The molecule has 418 valence electrons. The van der Waals surface area contributed by atoms with Crippen molar-refractivity contribution in [1.82, 2.24) is 50.0 Å². The molecule has 4 unspecified atom stereocenters. The van der Waals surface area contributed by atoms with Crippen molar-refractivity contribution in [2.45, 2.75) is 118 Å². The van der Waals surface area contributed by atoms with Crippen molar-refractivity contribution in [3.05, 3.63) is 116 Å². The molecule has 0 radical (unpaired) electrons. The number of nitrogens with zero attached hydrogens (tertiary/aromatic N) is 9. The lowest BCUT2D eigenvalue weighted by molar-refractivity contribution is -0.151. The Balaban J connectivity index is 0.000000176. The van der Waals surface area contributed by atoms with E-state index in [9.17, 15) is 24.3 Å². The predicted molar refractivity (Wildman–Crippen MR) is 306 cm³/mol. The van der Waals surface area contributed by atoms with Crippen LogP contribution >= 0.6 is 11.6 Å². The molecule has 4 aromatic carbocycles. The number of aryl methyl sites for hydroxylation is 6. The van der Waals surface area contributed by atoms with Gasteiger partial charge in [-0.2, -0.15) is 0 Å². The Bertz CT molecular complexity index is 3270. The molecule has 2 N–H and O–H groups in total. The molecule has 2 fully saturated rings. The molecule has 4 heterocycles. The number of likely N-dealkylation sites (N-methyl/N-ethyl adjacent to an activating group) is 2. The first-order chi connectivity index (χ1) is 36.6. The van der Waals surface area contributed by atoms with Crippen molar-refractivity contribution in [2.24, 2.45) is 35.8 Å². The molecule has 6 aromatic rings. The number of rotatable bonds is 9. The Morgan fingerprint density at radius 3 is 1.76 bits per heavy atom. The maximum Gasteiger partial charge on any atom is 0.312 e. The van der Waals surface area contributed by atoms with Crippen LogP contribution in [0.3, 0.4) is 0 Å². The number of esters is 1. The van der Waals surface area contributed by atoms with Gasteiger partial charge in [-0.15, -0.1) is 21.8 Å². The molecule has 0 bridgehead atoms. The predicted octanol–water partition coefficient (Wildman–Crippen LogP) is 9.22. The van der Waals surface area contributed by atoms with Crippen molar-refractivity contribution in [1.29, 1.82) is 0 Å². The molecule has 16 nitrogen and oxygen atoms in total. The molecule has 17 heteroatoms. The average Bonchev–Trinajstić information content (AvgIpc) is 4.31. The number of amides is 2. The molecule has 4 atom stereocenters. The molecule has 2 aromatic heterocycles. The summed E-state index contributed by atoms with van der Waals surface area (Å²) in [6.07, 6.45) is 3.87. The number of ether oxygens (including phenoxy) is 1. The molecule has 10 rings (SSSR count). The van der Waals surface area contributed by atoms with Gasteiger partial charge in [0.25, 0.3) is 0 Å². The minimum Gasteiger partial charge on any atom is -0.481 e. The van der Waals surface area contributed by atoms with Gasteiger partial charge in [0.1, 0.15) is 11.0 Å². The van der Waals surface area contributed by atoms with E-state index in [-0.39, 0.29) is 51.9 Å². The quantitative estimate of drug-likeness (QED) is 0.104. The van der Waals surface area contributed by atoms with Crippen molar-refractivity contribution < 1.29 is 29.0 Å². The number of benzene rings is 4. The van der Waals surface area contributed by atoms with E-state index in [1.807, 2.05) is 79.0 Å². The number of carboxylic acid groups (broad SMARTS) is 1. The second kappa shape index (κ2) is 22.1. The summed E-state index contributed by atoms with van der Waals surface area (Å²) in [6.45, 7) is 24.5. The second-order valence-electron chi connectivity index (χ2n) is 25.1. The summed E-state index contributed by atoms with van der Waals surface area (Å²) < 4.78 is 8.69. The number of aromatic nitrogens is 6. The first-order valence-electron chi connectivity index (χ1n) is 27.3. The van der Waals surface area contributed by atoms with Gasteiger partial charge in [0.15, 0.2) is 0 Å². The number of aliphatic carboxylic acids is 1. The van der Waals surface area contributed by atoms with Gasteiger partial charge >= 0.3 is 11.9 Å². The Kier molecular flexibility index (Phi) is 16.4. The molecule has 2 aliphatic heterocycles. The summed E-state index contributed by atoms with van der Waals surface area (Å²) in [5, 5.41) is 30.6. The fraction of sp³-hybridized carbons (Fsp3) is 0.541. The van der Waals surface area contributed by atoms with E-state index in [1.165, 1.54) is 29.4 Å². The SMILES string of the molecule is CN1CC(C)(C)CNCC1=O.COC(=O)C(C)(C)C(c1ccc2c(c1)C(Cl)CC2)c1ccc2c(nnn2C)c1C.Cc1c(C(c2ccc3c(c2)C(N2CC(=O)N(C)CC(C)(C)C2)CC3)C(C)(C)C(=O)O)ccc2c1nnn2C. The summed E-state index contributed by atoms with van der Waals surface area (Å²) >= 11 is 6.57. The lowest BCUT2D eigenvalue weighted by atomic mass is 9.69. The maximum absolute atomic E-state index is 12.9. The van der Waals surface area contributed by atoms with E-state index in [1.54, 1.807) is 28.1 Å². The van der Waals surface area contributed by atoms with Gasteiger partial charge in [-0.1, -0.05) is 86.7 Å². The lowest BCUT2D eigenvalue weighted by Gasteiger charge is -2.35. The van der Waals surface area contributed by atoms with E-state index in [0.29, 0.717) is 13.1 Å². The fourth-order valence-corrected chi connectivity index (χ4v) is 13.1. The topological polar surface area (TPSA) is 181 Å². The third-order valence-electron chi connectivity index (χ3n) is 17.0. The highest BCUT2D eigenvalue weighted by Gasteiger charge is 2.44. The van der Waals surface area contributed by atoms with Crippen LogP contribution in [0, 0.1) is 35.5 Å². The number of hydrogen-bond acceptors (Lipinski definition) is 11. The zero-order valence-corrected chi connectivity index (χ0v) is 49.3. The molecule has 0 saturated carbocycles. The van der Waals surface area contributed by atoms with E-state index >= 15 is 0 Å². The monoisotopic (exact) mass is 1080 g/mol. The maximum atomic E-state index is 12.9. The van der Waals surface area contributed by atoms with Gasteiger partial charge in [0, 0.05) is 72.2 Å². The van der Waals surface area contributed by atoms with Crippen LogP contribution < -0.4 is 5.32 Å². The minimum atomic E-state index is -1.06. The Labute approximate surface area is 465 Å². The molecule has 2 aliphatic carbocycles. The number of halogens is 1. The number of carbonyl (C=O) groups is 4. The smallest absolute Gasteiger partial charge is 0.312 e. The number of methoxy groups -OCH3 is 1. The van der Waals surface area contributed by atoms with E-state index in [2.05, 4.69) is 101 Å². The number of fused-ring (bicyclic) bond motifs is 4. The molecule has 2 amide bonds. The highest BCUT2D eigenvalue weighted by Crippen LogP contribution is 2.49. The van der Waals surface area contributed by atoms with Gasteiger partial charge in [-0.05, 0) is 146 Å². The molecular weight excluding hydrogens is 1000 g/mol. The molecular formula is C61H81ClN10O6. The first kappa shape index (κ1) is 57.9. The van der Waals surface area contributed by atoms with Crippen molar-refractivity contribution in [2.75, 3.05) is 60.5 Å². The fourth-order valence-electron chi connectivity index (χ4n) is 12.8. The third-order valence-corrected chi connectivity index (χ3v) is 17.5. The number of alkyl halides is 1. The molecule has 0 spiro atoms. The Morgan fingerprint density at radius 1 is 0.705 bits per heavy atom. The highest BCUT2D eigenvalue weighted by atomic mass is 35.5. The molecule has 78 heavy (non-hydrogen) atoms. The van der Waals surface area contributed by atoms with Crippen LogP contribution in [0.4, 0.5) is 0 Å². The van der Waals surface area contributed by atoms with Crippen LogP contribution in [-0.4, -0.2) is 134 Å². The van der Waals surface area contributed by atoms with Crippen LogP contribution in [0.25, 0.3) is 22.1 Å². The molecule has 2 saturated heterocycles.